The van der Waals surface area contributed by atoms with E-state index in [1.165, 1.54) is 0 Å². The molecule has 4 rings (SSSR count). The fourth-order valence-electron chi connectivity index (χ4n) is 4.19. The highest BCUT2D eigenvalue weighted by molar-refractivity contribution is 5.83. The van der Waals surface area contributed by atoms with Gasteiger partial charge >= 0.3 is 0 Å². The highest BCUT2D eigenvalue weighted by atomic mass is 16.2. The molecule has 0 saturated carbocycles. The minimum absolute atomic E-state index is 0.0797. The molecule has 0 radical (unpaired) electrons. The maximum atomic E-state index is 12.8. The average Bonchev–Trinajstić information content (AvgIpc) is 3.16. The number of nitrogens with zero attached hydrogens (tertiary/aromatic N) is 3. The minimum atomic E-state index is -0.477. The maximum Gasteiger partial charge on any atom is 0.239 e. The van der Waals surface area contributed by atoms with Crippen LogP contribution in [0.25, 0.3) is 10.9 Å². The van der Waals surface area contributed by atoms with Crippen LogP contribution in [0.4, 0.5) is 0 Å². The predicted molar refractivity (Wildman–Crippen MR) is 102 cm³/mol. The quantitative estimate of drug-likeness (QED) is 0.734. The standard InChI is InChI=1S/C19H28N6O/c20-17(12-14-1-2-18-15(11-14)13-22-23-18)19(26)25-7-3-16(4-8-25)24-9-5-21-6-10-24/h1-2,11,13,16-17,21H,3-10,12,20H2,(H,22,23). The van der Waals surface area contributed by atoms with Crippen molar-refractivity contribution in [3.05, 3.63) is 30.0 Å². The van der Waals surface area contributed by atoms with Crippen LogP contribution in [0.1, 0.15) is 18.4 Å². The van der Waals surface area contributed by atoms with Gasteiger partial charge in [0.2, 0.25) is 5.91 Å². The highest BCUT2D eigenvalue weighted by Gasteiger charge is 2.29. The first-order valence-electron chi connectivity index (χ1n) is 9.62. The molecule has 2 saturated heterocycles. The first-order valence-corrected chi connectivity index (χ1v) is 9.62. The first-order chi connectivity index (χ1) is 12.7. The van der Waals surface area contributed by atoms with Gasteiger partial charge in [-0.25, -0.2) is 0 Å². The zero-order valence-corrected chi connectivity index (χ0v) is 15.2. The predicted octanol–water partition coefficient (Wildman–Crippen LogP) is 0.329. The second-order valence-electron chi connectivity index (χ2n) is 7.44. The summed E-state index contributed by atoms with van der Waals surface area (Å²) in [5, 5.41) is 11.4. The molecular weight excluding hydrogens is 328 g/mol. The van der Waals surface area contributed by atoms with Gasteiger partial charge in [0.25, 0.3) is 0 Å². The van der Waals surface area contributed by atoms with Crippen LogP contribution in [0.5, 0.6) is 0 Å². The van der Waals surface area contributed by atoms with E-state index >= 15 is 0 Å². The molecule has 1 aromatic carbocycles. The van der Waals surface area contributed by atoms with Crippen LogP contribution in [0.3, 0.4) is 0 Å². The van der Waals surface area contributed by atoms with Gasteiger partial charge in [-0.3, -0.25) is 14.8 Å². The molecule has 1 aromatic heterocycles. The molecule has 2 aromatic rings. The molecule has 4 N–H and O–H groups in total. The summed E-state index contributed by atoms with van der Waals surface area (Å²) < 4.78 is 0. The van der Waals surface area contributed by atoms with E-state index < -0.39 is 6.04 Å². The number of aromatic nitrogens is 2. The topological polar surface area (TPSA) is 90.3 Å². The third-order valence-corrected chi connectivity index (χ3v) is 5.72. The molecule has 1 atom stereocenters. The van der Waals surface area contributed by atoms with Crippen LogP contribution in [0.15, 0.2) is 24.4 Å². The number of aromatic amines is 1. The van der Waals surface area contributed by atoms with E-state index in [2.05, 4.69) is 26.5 Å². The lowest BCUT2D eigenvalue weighted by atomic mass is 10.00. The van der Waals surface area contributed by atoms with Crippen molar-refractivity contribution in [2.45, 2.75) is 31.3 Å². The van der Waals surface area contributed by atoms with Crippen molar-refractivity contribution < 1.29 is 4.79 Å². The van der Waals surface area contributed by atoms with Gasteiger partial charge in [0, 0.05) is 50.7 Å². The Morgan fingerprint density at radius 2 is 2.00 bits per heavy atom. The number of nitrogens with two attached hydrogens (primary N) is 1. The number of benzene rings is 1. The number of carbonyl (C=O) groups is 1. The van der Waals surface area contributed by atoms with E-state index in [1.54, 1.807) is 6.20 Å². The number of rotatable bonds is 4. The van der Waals surface area contributed by atoms with E-state index in [-0.39, 0.29) is 5.91 Å². The molecule has 7 nitrogen and oxygen atoms in total. The van der Waals surface area contributed by atoms with Gasteiger partial charge in [-0.15, -0.1) is 0 Å². The zero-order valence-electron chi connectivity index (χ0n) is 15.2. The highest BCUT2D eigenvalue weighted by Crippen LogP contribution is 2.19. The molecule has 1 unspecified atom stereocenters. The van der Waals surface area contributed by atoms with E-state index in [4.69, 9.17) is 5.73 Å². The molecule has 7 heteroatoms. The zero-order chi connectivity index (χ0) is 17.9. The number of piperazine rings is 1. The van der Waals surface area contributed by atoms with E-state index in [1.807, 2.05) is 17.0 Å². The van der Waals surface area contributed by atoms with Gasteiger partial charge in [-0.2, -0.15) is 5.10 Å². The second-order valence-corrected chi connectivity index (χ2v) is 7.44. The molecule has 0 spiro atoms. The number of likely N-dealkylation sites (tertiary alicyclic amines) is 1. The normalized spacial score (nSPS) is 21.2. The Hall–Kier alpha value is -1.96. The largest absolute Gasteiger partial charge is 0.341 e. The number of nitrogens with one attached hydrogen (secondary N) is 2. The van der Waals surface area contributed by atoms with Gasteiger partial charge in [0.15, 0.2) is 0 Å². The Morgan fingerprint density at radius 3 is 2.77 bits per heavy atom. The Labute approximate surface area is 153 Å². The van der Waals surface area contributed by atoms with Gasteiger partial charge < -0.3 is 16.0 Å². The van der Waals surface area contributed by atoms with Crippen LogP contribution in [0.2, 0.25) is 0 Å². The lowest BCUT2D eigenvalue weighted by Crippen LogP contribution is -2.54. The van der Waals surface area contributed by atoms with Crippen molar-refractivity contribution in [3.8, 4) is 0 Å². The second kappa shape index (κ2) is 7.73. The van der Waals surface area contributed by atoms with Crippen LogP contribution in [0, 0.1) is 0 Å². The summed E-state index contributed by atoms with van der Waals surface area (Å²) in [5.41, 5.74) is 8.33. The summed E-state index contributed by atoms with van der Waals surface area (Å²) >= 11 is 0. The van der Waals surface area contributed by atoms with Crippen LogP contribution in [-0.4, -0.2) is 77.3 Å². The Kier molecular flexibility index (Phi) is 5.19. The first kappa shape index (κ1) is 17.5. The third-order valence-electron chi connectivity index (χ3n) is 5.72. The Bertz CT molecular complexity index is 745. The van der Waals surface area contributed by atoms with E-state index in [9.17, 15) is 4.79 Å². The fourth-order valence-corrected chi connectivity index (χ4v) is 4.19. The molecule has 1 amide bonds. The smallest absolute Gasteiger partial charge is 0.239 e. The van der Waals surface area contributed by atoms with Crippen LogP contribution >= 0.6 is 0 Å². The molecule has 2 fully saturated rings. The number of hydrogen-bond donors (Lipinski definition) is 3. The van der Waals surface area contributed by atoms with E-state index in [0.29, 0.717) is 12.5 Å². The number of H-pyrrole nitrogens is 1. The maximum absolute atomic E-state index is 12.8. The lowest BCUT2D eigenvalue weighted by Gasteiger charge is -2.40. The van der Waals surface area contributed by atoms with Crippen LogP contribution < -0.4 is 11.1 Å². The summed E-state index contributed by atoms with van der Waals surface area (Å²) in [6.07, 6.45) is 4.48. The minimum Gasteiger partial charge on any atom is -0.341 e. The summed E-state index contributed by atoms with van der Waals surface area (Å²) in [4.78, 5) is 17.3. The third kappa shape index (κ3) is 3.75. The van der Waals surface area contributed by atoms with Gasteiger partial charge in [0.05, 0.1) is 17.8 Å². The van der Waals surface area contributed by atoms with Crippen molar-refractivity contribution >= 4 is 16.8 Å². The summed E-state index contributed by atoms with van der Waals surface area (Å²) in [5.74, 6) is 0.0797. The number of fused-ring (bicyclic) bond motifs is 1. The van der Waals surface area contributed by atoms with Crippen molar-refractivity contribution in [1.82, 2.24) is 25.3 Å². The number of carbonyl (C=O) groups excluding carboxylic acids is 1. The molecule has 0 aliphatic carbocycles. The van der Waals surface area contributed by atoms with Crippen molar-refractivity contribution in [1.29, 1.82) is 0 Å². The van der Waals surface area contributed by atoms with Gasteiger partial charge in [-0.05, 0) is 37.0 Å². The molecule has 140 valence electrons. The molecule has 26 heavy (non-hydrogen) atoms. The van der Waals surface area contributed by atoms with Crippen molar-refractivity contribution in [2.75, 3.05) is 39.3 Å². The lowest BCUT2D eigenvalue weighted by molar-refractivity contribution is -0.134. The van der Waals surface area contributed by atoms with Gasteiger partial charge in [-0.1, -0.05) is 6.07 Å². The average molecular weight is 356 g/mol. The molecule has 2 aliphatic rings. The molecular formula is C19H28N6O. The number of amides is 1. The number of hydrogen-bond acceptors (Lipinski definition) is 5. The van der Waals surface area contributed by atoms with Crippen LogP contribution in [-0.2, 0) is 11.2 Å². The Balaban J connectivity index is 1.31. The summed E-state index contributed by atoms with van der Waals surface area (Å²) in [6.45, 7) is 6.03. The fraction of sp³-hybridized carbons (Fsp3) is 0.579. The SMILES string of the molecule is NC(Cc1ccc2[nH]ncc2c1)C(=O)N1CCC(N2CCNCC2)CC1. The molecule has 0 bridgehead atoms. The molecule has 2 aliphatic heterocycles. The summed E-state index contributed by atoms with van der Waals surface area (Å²) in [6, 6.07) is 6.21. The molecule has 3 heterocycles. The summed E-state index contributed by atoms with van der Waals surface area (Å²) in [7, 11) is 0. The van der Waals surface area contributed by atoms with Gasteiger partial charge in [0.1, 0.15) is 0 Å². The monoisotopic (exact) mass is 356 g/mol. The number of piperidine rings is 1. The Morgan fingerprint density at radius 1 is 1.23 bits per heavy atom. The van der Waals surface area contributed by atoms with Crippen molar-refractivity contribution in [3.63, 3.8) is 0 Å². The van der Waals surface area contributed by atoms with E-state index in [0.717, 1.165) is 68.6 Å². The van der Waals surface area contributed by atoms with Crippen molar-refractivity contribution in [2.24, 2.45) is 5.73 Å².